The number of unbranched alkanes of at least 4 members (excludes halogenated alkanes) is 1. The molecule has 0 radical (unpaired) electrons. The first-order valence-electron chi connectivity index (χ1n) is 21.5. The van der Waals surface area contributed by atoms with E-state index >= 15 is 0 Å². The molecule has 0 amide bonds. The van der Waals surface area contributed by atoms with Gasteiger partial charge in [0, 0.05) is 35.0 Å². The van der Waals surface area contributed by atoms with E-state index in [1.807, 2.05) is 79.7 Å². The van der Waals surface area contributed by atoms with Crippen LogP contribution in [0.4, 0.5) is 0 Å². The molecule has 1 saturated heterocycles. The summed E-state index contributed by atoms with van der Waals surface area (Å²) in [5.41, 5.74) is 9.80. The monoisotopic (exact) mass is 816 g/mol. The Bertz CT molecular complexity index is 2160. The molecule has 0 spiro atoms. The highest BCUT2D eigenvalue weighted by molar-refractivity contribution is 6.65. The third-order valence-corrected chi connectivity index (χ3v) is 10.6. The standard InChI is InChI=1S/C20H24BNO3.C16H15BO3.C12H17BO2.3H2/c1-3-5-12-22-14-16-8-11-18-19(13-16)24-21(25-20(18)23)17-9-6-15(4-2)7-10-17;1-3-12-5-7-13(8-6-12)17-19-15-10-11(2)4-9-14(15)16(18)20-17;1-2-11-5-7-12(8-6-11)13-14-9-3-4-10-15-13;;;/h6-11,13,22H,3-5,12,14H2,1-2H3;4-10H,3H2,1-2H3;5-8H,2-4,9-10H2,1H3;3*1H/i;;;3*1+1. The van der Waals surface area contributed by atoms with Crippen molar-refractivity contribution in [3.8, 4) is 11.5 Å². The van der Waals surface area contributed by atoms with E-state index in [1.54, 1.807) is 12.1 Å². The molecule has 60 heavy (non-hydrogen) atoms. The molecule has 0 unspecified atom stereocenters. The molecule has 0 aliphatic carbocycles. The average Bonchev–Trinajstić information content (AvgIpc) is 3.58. The molecule has 0 atom stereocenters. The Labute approximate surface area is 361 Å². The number of hydrogen-bond donors (Lipinski definition) is 1. The maximum absolute atomic E-state index is 12.3. The van der Waals surface area contributed by atoms with Crippen LogP contribution in [0.5, 0.6) is 11.5 Å². The molecular weight excluding hydrogens is 751 g/mol. The number of fused-ring (bicyclic) bond motifs is 2. The van der Waals surface area contributed by atoms with Gasteiger partial charge in [-0.1, -0.05) is 119 Å². The lowest BCUT2D eigenvalue weighted by atomic mass is 9.77. The molecule has 5 aromatic carbocycles. The van der Waals surface area contributed by atoms with E-state index in [1.165, 1.54) is 23.1 Å². The minimum atomic E-state index is -0.686. The number of benzene rings is 5. The Morgan fingerprint density at radius 2 is 0.967 bits per heavy atom. The summed E-state index contributed by atoms with van der Waals surface area (Å²) in [6.07, 6.45) is 7.56. The van der Waals surface area contributed by atoms with Crippen LogP contribution in [0.25, 0.3) is 0 Å². The second-order valence-corrected chi connectivity index (χ2v) is 15.1. The molecule has 12 heteroatoms. The van der Waals surface area contributed by atoms with E-state index in [2.05, 4.69) is 57.3 Å². The molecule has 3 aliphatic heterocycles. The molecule has 1 fully saturated rings. The normalized spacial score (nSPS) is 14.4. The maximum atomic E-state index is 12.3. The van der Waals surface area contributed by atoms with Gasteiger partial charge in [0.1, 0.15) is 11.5 Å². The van der Waals surface area contributed by atoms with Gasteiger partial charge in [-0.2, -0.15) is 0 Å². The first-order valence-corrected chi connectivity index (χ1v) is 21.5. The van der Waals surface area contributed by atoms with Gasteiger partial charge in [0.25, 0.3) is 0 Å². The third-order valence-electron chi connectivity index (χ3n) is 10.6. The van der Waals surface area contributed by atoms with Crippen LogP contribution in [0.3, 0.4) is 0 Å². The van der Waals surface area contributed by atoms with Gasteiger partial charge < -0.3 is 33.2 Å². The number of nitrogens with one attached hydrogen (secondary N) is 1. The van der Waals surface area contributed by atoms with Gasteiger partial charge in [-0.3, -0.25) is 0 Å². The molecule has 316 valence electrons. The summed E-state index contributed by atoms with van der Waals surface area (Å²) >= 11 is 0. The molecular formula is C48H62B3NO8. The number of rotatable bonds is 11. The Kier molecular flexibility index (Phi) is 16.5. The summed E-state index contributed by atoms with van der Waals surface area (Å²) in [4.78, 5) is 24.3. The lowest BCUT2D eigenvalue weighted by Gasteiger charge is -2.23. The van der Waals surface area contributed by atoms with Gasteiger partial charge in [-0.25, -0.2) is 9.59 Å². The van der Waals surface area contributed by atoms with Gasteiger partial charge in [0.05, 0.1) is 11.1 Å². The fraction of sp³-hybridized carbons (Fsp3) is 0.333. The third kappa shape index (κ3) is 12.2. The van der Waals surface area contributed by atoms with Crippen LogP contribution in [-0.2, 0) is 44.4 Å². The number of aryl methyl sites for hydroxylation is 4. The van der Waals surface area contributed by atoms with Gasteiger partial charge >= 0.3 is 33.3 Å². The first-order chi connectivity index (χ1) is 29.3. The molecule has 9 nitrogen and oxygen atoms in total. The summed E-state index contributed by atoms with van der Waals surface area (Å²) in [6.45, 7) is 13.9. The summed E-state index contributed by atoms with van der Waals surface area (Å²) in [6, 6.07) is 35.6. The summed E-state index contributed by atoms with van der Waals surface area (Å²) in [5.74, 6) is 0.508. The van der Waals surface area contributed by atoms with Crippen molar-refractivity contribution in [1.82, 2.24) is 5.32 Å². The van der Waals surface area contributed by atoms with E-state index in [9.17, 15) is 9.59 Å². The highest BCUT2D eigenvalue weighted by atomic mass is 16.6. The lowest BCUT2D eigenvalue weighted by Crippen LogP contribution is -2.44. The Hall–Kier alpha value is -5.29. The summed E-state index contributed by atoms with van der Waals surface area (Å²) < 4.78 is 33.8. The summed E-state index contributed by atoms with van der Waals surface area (Å²) in [7, 11) is -1.50. The van der Waals surface area contributed by atoms with E-state index < -0.39 is 14.2 Å². The van der Waals surface area contributed by atoms with Crippen LogP contribution >= 0.6 is 0 Å². The van der Waals surface area contributed by atoms with Crippen LogP contribution in [0.1, 0.15) is 106 Å². The fourth-order valence-electron chi connectivity index (χ4n) is 6.80. The van der Waals surface area contributed by atoms with Crippen LogP contribution in [0, 0.1) is 6.92 Å². The number of carbonyl (C=O) groups excluding carboxylic acids is 2. The SMILES string of the molecule is CCCCNCc1ccc2c(c1)OB(c1ccc(CC)cc1)OC2=O.CCc1ccc(B2OC(=O)c3ccc(C)cc3O2)cc1.CCc1ccc(B2OCCCCO2)cc1.[2HH].[2HH].[2HH]. The zero-order valence-corrected chi connectivity index (χ0v) is 35.7. The van der Waals surface area contributed by atoms with Crippen LogP contribution in [-0.4, -0.2) is 53.1 Å². The zero-order chi connectivity index (χ0) is 42.3. The lowest BCUT2D eigenvalue weighted by molar-refractivity contribution is 0.0676. The van der Waals surface area contributed by atoms with Crippen molar-refractivity contribution < 1.29 is 41.8 Å². The van der Waals surface area contributed by atoms with Crippen LogP contribution < -0.4 is 31.0 Å². The van der Waals surface area contributed by atoms with Gasteiger partial charge in [-0.05, 0) is 110 Å². The van der Waals surface area contributed by atoms with E-state index in [0.29, 0.717) is 22.6 Å². The summed E-state index contributed by atoms with van der Waals surface area (Å²) in [5, 5.41) is 3.40. The largest absolute Gasteiger partial charge is 0.634 e. The Morgan fingerprint density at radius 3 is 1.43 bits per heavy atom. The molecule has 8 rings (SSSR count). The molecule has 0 aromatic heterocycles. The Morgan fingerprint density at radius 1 is 0.533 bits per heavy atom. The van der Waals surface area contributed by atoms with Crippen LogP contribution in [0.15, 0.2) is 109 Å². The molecule has 0 bridgehead atoms. The van der Waals surface area contributed by atoms with Gasteiger partial charge in [0.15, 0.2) is 0 Å². The van der Waals surface area contributed by atoms with Gasteiger partial charge in [0.2, 0.25) is 0 Å². The minimum absolute atomic E-state index is 0. The van der Waals surface area contributed by atoms with E-state index in [0.717, 1.165) is 92.3 Å². The predicted molar refractivity (Wildman–Crippen MR) is 247 cm³/mol. The van der Waals surface area contributed by atoms with Crippen molar-refractivity contribution in [2.45, 2.75) is 86.1 Å². The zero-order valence-electron chi connectivity index (χ0n) is 35.7. The van der Waals surface area contributed by atoms with Crippen molar-refractivity contribution in [1.29, 1.82) is 0 Å². The topological polar surface area (TPSA) is 102 Å². The molecule has 1 N–H and O–H groups in total. The fourth-order valence-corrected chi connectivity index (χ4v) is 6.80. The van der Waals surface area contributed by atoms with Crippen molar-refractivity contribution >= 4 is 49.7 Å². The maximum Gasteiger partial charge on any atom is 0.634 e. The molecule has 3 heterocycles. The second-order valence-electron chi connectivity index (χ2n) is 15.1. The molecule has 5 aromatic rings. The smallest absolute Gasteiger partial charge is 0.521 e. The molecule has 0 saturated carbocycles. The average molecular weight is 816 g/mol. The van der Waals surface area contributed by atoms with Crippen molar-refractivity contribution in [2.24, 2.45) is 0 Å². The minimum Gasteiger partial charge on any atom is -0.521 e. The molecule has 3 aliphatic rings. The quantitative estimate of drug-likeness (QED) is 0.105. The first kappa shape index (κ1) is 44.3. The Balaban J connectivity index is 0.000000253. The number of carbonyl (C=O) groups is 2. The van der Waals surface area contributed by atoms with Crippen molar-refractivity contribution in [3.05, 3.63) is 148 Å². The predicted octanol–water partition coefficient (Wildman–Crippen LogP) is 8.09. The van der Waals surface area contributed by atoms with E-state index in [-0.39, 0.29) is 23.3 Å². The van der Waals surface area contributed by atoms with Crippen molar-refractivity contribution in [2.75, 3.05) is 19.8 Å². The van der Waals surface area contributed by atoms with E-state index in [4.69, 9.17) is 27.9 Å². The van der Waals surface area contributed by atoms with Crippen LogP contribution in [0.2, 0.25) is 0 Å². The van der Waals surface area contributed by atoms with Crippen molar-refractivity contribution in [3.63, 3.8) is 0 Å². The van der Waals surface area contributed by atoms with Gasteiger partial charge in [-0.15, -0.1) is 0 Å². The highest BCUT2D eigenvalue weighted by Crippen LogP contribution is 2.27. The second kappa shape index (κ2) is 22.4. The number of hydrogen-bond acceptors (Lipinski definition) is 9. The highest BCUT2D eigenvalue weighted by Gasteiger charge is 2.37.